The molecule has 1 amide bonds. The zero-order valence-electron chi connectivity index (χ0n) is 11.3. The number of hydrogen-bond acceptors (Lipinski definition) is 3. The minimum atomic E-state index is -4.34. The Kier molecular flexibility index (Phi) is 10.2. The molecular weight excluding hydrogens is 337 g/mol. The third-order valence-corrected chi connectivity index (χ3v) is 3.71. The average Bonchev–Trinajstić information content (AvgIpc) is 2.37. The van der Waals surface area contributed by atoms with Crippen LogP contribution in [0.5, 0.6) is 0 Å². The van der Waals surface area contributed by atoms with Crippen LogP contribution in [0.15, 0.2) is 30.3 Å². The van der Waals surface area contributed by atoms with E-state index in [1.165, 1.54) is 0 Å². The van der Waals surface area contributed by atoms with Gasteiger partial charge in [0.05, 0.1) is 18.5 Å². The number of nitrogens with one attached hydrogen (secondary N) is 1. The topological polar surface area (TPSA) is 124 Å². The quantitative estimate of drug-likeness (QED) is 0.374. The summed E-state index contributed by atoms with van der Waals surface area (Å²) in [5.74, 6) is -2.50. The van der Waals surface area contributed by atoms with E-state index in [2.05, 4.69) is 5.32 Å². The van der Waals surface area contributed by atoms with Gasteiger partial charge in [-0.2, -0.15) is 0 Å². The van der Waals surface area contributed by atoms with Crippen molar-refractivity contribution < 1.29 is 29.0 Å². The second kappa shape index (κ2) is 10.4. The van der Waals surface area contributed by atoms with E-state index in [9.17, 15) is 14.2 Å². The van der Waals surface area contributed by atoms with Gasteiger partial charge in [-0.1, -0.05) is 30.3 Å². The maximum absolute atomic E-state index is 12.0. The number of carbonyl (C=O) groups is 2. The molecule has 120 valence electrons. The molecule has 1 rings (SSSR count). The summed E-state index contributed by atoms with van der Waals surface area (Å²) >= 11 is 0. The predicted octanol–water partition coefficient (Wildman–Crippen LogP) is -0.302. The van der Waals surface area contributed by atoms with Gasteiger partial charge in [0.15, 0.2) is 0 Å². The van der Waals surface area contributed by atoms with Gasteiger partial charge >= 0.3 is 51.3 Å². The standard InChI is InChI=1S/C13H18NO6P.Ca.2H/c15-12(16)6-7-14-13(17)11(9-21(18,19)20)8-10-4-2-1-3-5-10;;;/h1-5,11H,6-9H2,(H,14,17)(H,15,16)(H2,18,19,20);;;/t11-;;;/m0.../s1. The fraction of sp³-hybridized carbons (Fsp3) is 0.385. The summed E-state index contributed by atoms with van der Waals surface area (Å²) in [6.07, 6.45) is -0.620. The van der Waals surface area contributed by atoms with Crippen molar-refractivity contribution in [3.05, 3.63) is 35.9 Å². The van der Waals surface area contributed by atoms with Gasteiger partial charge in [0.2, 0.25) is 5.91 Å². The molecule has 0 unspecified atom stereocenters. The molecule has 7 nitrogen and oxygen atoms in total. The summed E-state index contributed by atoms with van der Waals surface area (Å²) in [4.78, 5) is 40.5. The summed E-state index contributed by atoms with van der Waals surface area (Å²) in [7, 11) is -4.34. The van der Waals surface area contributed by atoms with Crippen LogP contribution < -0.4 is 5.32 Å². The van der Waals surface area contributed by atoms with Crippen molar-refractivity contribution in [3.8, 4) is 0 Å². The number of carboxylic acid groups (broad SMARTS) is 1. The molecule has 0 aliphatic heterocycles. The third kappa shape index (κ3) is 9.56. The van der Waals surface area contributed by atoms with Crippen LogP contribution in [0.25, 0.3) is 0 Å². The molecule has 0 radical (unpaired) electrons. The van der Waals surface area contributed by atoms with E-state index in [0.717, 1.165) is 5.56 Å². The number of benzene rings is 1. The van der Waals surface area contributed by atoms with Crippen LogP contribution >= 0.6 is 7.60 Å². The van der Waals surface area contributed by atoms with Crippen molar-refractivity contribution in [1.29, 1.82) is 0 Å². The van der Waals surface area contributed by atoms with Crippen molar-refractivity contribution in [2.75, 3.05) is 12.7 Å². The molecule has 1 aromatic rings. The van der Waals surface area contributed by atoms with Gasteiger partial charge in [-0.15, -0.1) is 0 Å². The Morgan fingerprint density at radius 1 is 1.18 bits per heavy atom. The van der Waals surface area contributed by atoms with Crippen molar-refractivity contribution in [3.63, 3.8) is 0 Å². The molecular formula is C13H20CaNO6P. The first-order chi connectivity index (χ1) is 9.78. The number of rotatable bonds is 8. The van der Waals surface area contributed by atoms with Gasteiger partial charge in [-0.3, -0.25) is 14.2 Å². The zero-order chi connectivity index (χ0) is 15.9. The summed E-state index contributed by atoms with van der Waals surface area (Å²) in [6, 6.07) is 8.86. The zero-order valence-corrected chi connectivity index (χ0v) is 12.2. The second-order valence-corrected chi connectivity index (χ2v) is 6.36. The van der Waals surface area contributed by atoms with E-state index in [1.54, 1.807) is 30.3 Å². The predicted molar refractivity (Wildman–Crippen MR) is 84.4 cm³/mol. The molecule has 0 aliphatic rings. The molecule has 0 heterocycles. The van der Waals surface area contributed by atoms with E-state index in [-0.39, 0.29) is 57.1 Å². The van der Waals surface area contributed by atoms with E-state index >= 15 is 0 Å². The summed E-state index contributed by atoms with van der Waals surface area (Å²) in [5.41, 5.74) is 0.782. The molecule has 1 atom stereocenters. The van der Waals surface area contributed by atoms with Gasteiger partial charge in [-0.05, 0) is 12.0 Å². The van der Waals surface area contributed by atoms with Crippen LogP contribution in [-0.2, 0) is 20.6 Å². The normalized spacial score (nSPS) is 12.1. The fourth-order valence-electron chi connectivity index (χ4n) is 1.86. The van der Waals surface area contributed by atoms with Gasteiger partial charge in [-0.25, -0.2) is 0 Å². The molecule has 0 aromatic heterocycles. The van der Waals surface area contributed by atoms with Crippen LogP contribution in [0.4, 0.5) is 0 Å². The number of amides is 1. The first-order valence-corrected chi connectivity index (χ1v) is 8.15. The van der Waals surface area contributed by atoms with Gasteiger partial charge in [0, 0.05) is 6.54 Å². The monoisotopic (exact) mass is 357 g/mol. The molecule has 0 saturated carbocycles. The molecule has 0 spiro atoms. The summed E-state index contributed by atoms with van der Waals surface area (Å²) < 4.78 is 11.1. The van der Waals surface area contributed by atoms with Crippen LogP contribution in [0, 0.1) is 5.92 Å². The van der Waals surface area contributed by atoms with Gasteiger partial charge in [0.1, 0.15) is 0 Å². The molecule has 0 fully saturated rings. The molecule has 0 bridgehead atoms. The molecule has 9 heteroatoms. The van der Waals surface area contributed by atoms with E-state index in [4.69, 9.17) is 14.9 Å². The van der Waals surface area contributed by atoms with Gasteiger partial charge < -0.3 is 20.2 Å². The molecule has 0 aliphatic carbocycles. The third-order valence-electron chi connectivity index (χ3n) is 2.79. The fourth-order valence-corrected chi connectivity index (χ4v) is 2.73. The number of carboxylic acids is 1. The number of hydrogen-bond donors (Lipinski definition) is 4. The SMILES string of the molecule is O=C(O)CCNC(=O)[C@@H](Cc1ccccc1)CP(=O)(O)O.[CaH2]. The van der Waals surface area contributed by atoms with E-state index in [1.807, 2.05) is 0 Å². The molecule has 1 aromatic carbocycles. The van der Waals surface area contributed by atoms with Crippen LogP contribution in [-0.4, -0.2) is 77.2 Å². The van der Waals surface area contributed by atoms with Crippen molar-refractivity contribution >= 4 is 57.2 Å². The van der Waals surface area contributed by atoms with Crippen LogP contribution in [0.2, 0.25) is 0 Å². The average molecular weight is 357 g/mol. The Labute approximate surface area is 158 Å². The second-order valence-electron chi connectivity index (χ2n) is 4.67. The molecule has 0 saturated heterocycles. The Hall–Kier alpha value is -0.430. The van der Waals surface area contributed by atoms with Gasteiger partial charge in [0.25, 0.3) is 0 Å². The van der Waals surface area contributed by atoms with Crippen LogP contribution in [0.3, 0.4) is 0 Å². The van der Waals surface area contributed by atoms with Crippen molar-refractivity contribution in [2.24, 2.45) is 5.92 Å². The van der Waals surface area contributed by atoms with E-state index < -0.39 is 31.6 Å². The van der Waals surface area contributed by atoms with Crippen molar-refractivity contribution in [1.82, 2.24) is 5.32 Å². The molecule has 22 heavy (non-hydrogen) atoms. The Morgan fingerprint density at radius 2 is 1.77 bits per heavy atom. The Balaban J connectivity index is 0.00000441. The maximum atomic E-state index is 12.0. The Morgan fingerprint density at radius 3 is 2.27 bits per heavy atom. The summed E-state index contributed by atoms with van der Waals surface area (Å²) in [5, 5.41) is 10.9. The molecule has 4 N–H and O–H groups in total. The Bertz CT molecular complexity index is 533. The van der Waals surface area contributed by atoms with E-state index in [0.29, 0.717) is 0 Å². The first-order valence-electron chi connectivity index (χ1n) is 6.36. The first kappa shape index (κ1) is 21.6. The minimum absolute atomic E-state index is 0. The number of carbonyl (C=O) groups excluding carboxylic acids is 1. The number of aliphatic carboxylic acids is 1. The van der Waals surface area contributed by atoms with Crippen molar-refractivity contribution in [2.45, 2.75) is 12.8 Å². The summed E-state index contributed by atoms with van der Waals surface area (Å²) in [6.45, 7) is -0.0688. The van der Waals surface area contributed by atoms with Crippen LogP contribution in [0.1, 0.15) is 12.0 Å².